The molecule has 106 valence electrons. The Labute approximate surface area is 137 Å². The number of rotatable bonds is 2. The Balaban J connectivity index is 2.25. The van der Waals surface area contributed by atoms with Crippen LogP contribution in [0.5, 0.6) is 0 Å². The summed E-state index contributed by atoms with van der Waals surface area (Å²) in [5.74, 6) is 0.635. The molecule has 0 amide bonds. The molecule has 3 rings (SSSR count). The summed E-state index contributed by atoms with van der Waals surface area (Å²) in [5.41, 5.74) is 2.82. The first-order valence-corrected chi connectivity index (χ1v) is 7.44. The molecule has 21 heavy (non-hydrogen) atoms. The van der Waals surface area contributed by atoms with E-state index in [1.807, 2.05) is 41.8 Å². The van der Waals surface area contributed by atoms with Crippen LogP contribution >= 0.6 is 35.8 Å². The monoisotopic (exact) mass is 335 g/mol. The Morgan fingerprint density at radius 2 is 1.81 bits per heavy atom. The van der Waals surface area contributed by atoms with E-state index in [2.05, 4.69) is 22.8 Å². The van der Waals surface area contributed by atoms with Crippen LogP contribution in [-0.4, -0.2) is 14.8 Å². The highest BCUT2D eigenvalue weighted by Gasteiger charge is 2.17. The van der Waals surface area contributed by atoms with Crippen molar-refractivity contribution in [2.75, 3.05) is 0 Å². The summed E-state index contributed by atoms with van der Waals surface area (Å²) in [5, 5.41) is 9.87. The summed E-state index contributed by atoms with van der Waals surface area (Å²) in [6.45, 7) is 2.02. The van der Waals surface area contributed by atoms with E-state index in [0.29, 0.717) is 21.0 Å². The van der Waals surface area contributed by atoms with E-state index in [1.54, 1.807) is 12.1 Å². The Kier molecular flexibility index (Phi) is 3.93. The van der Waals surface area contributed by atoms with Gasteiger partial charge in [0.1, 0.15) is 0 Å². The van der Waals surface area contributed by atoms with Crippen molar-refractivity contribution < 1.29 is 0 Å². The molecule has 0 atom stereocenters. The van der Waals surface area contributed by atoms with Crippen LogP contribution in [0.25, 0.3) is 17.1 Å². The molecule has 0 unspecified atom stereocenters. The van der Waals surface area contributed by atoms with E-state index < -0.39 is 0 Å². The normalized spacial score (nSPS) is 10.9. The van der Waals surface area contributed by atoms with Gasteiger partial charge in [0, 0.05) is 10.6 Å². The van der Waals surface area contributed by atoms with E-state index >= 15 is 0 Å². The van der Waals surface area contributed by atoms with Gasteiger partial charge in [-0.3, -0.25) is 4.57 Å². The van der Waals surface area contributed by atoms with Crippen molar-refractivity contribution in [2.45, 2.75) is 12.1 Å². The molecule has 0 fully saturated rings. The zero-order valence-electron chi connectivity index (χ0n) is 11.1. The van der Waals surface area contributed by atoms with E-state index in [0.717, 1.165) is 16.8 Å². The highest BCUT2D eigenvalue weighted by atomic mass is 35.5. The van der Waals surface area contributed by atoms with E-state index in [4.69, 9.17) is 23.2 Å². The number of aryl methyl sites for hydroxylation is 1. The smallest absolute Gasteiger partial charge is 0.193 e. The lowest BCUT2D eigenvalue weighted by Gasteiger charge is -2.12. The quantitative estimate of drug-likeness (QED) is 0.679. The van der Waals surface area contributed by atoms with Gasteiger partial charge in [-0.05, 0) is 36.8 Å². The van der Waals surface area contributed by atoms with Crippen molar-refractivity contribution in [1.29, 1.82) is 0 Å². The van der Waals surface area contributed by atoms with Gasteiger partial charge in [-0.15, -0.1) is 22.8 Å². The fourth-order valence-corrected chi connectivity index (χ4v) is 2.90. The Morgan fingerprint density at radius 1 is 1.05 bits per heavy atom. The van der Waals surface area contributed by atoms with Crippen LogP contribution in [0.1, 0.15) is 5.56 Å². The molecule has 3 nitrogen and oxygen atoms in total. The third kappa shape index (κ3) is 2.67. The molecular formula is C15H11Cl2N3S. The van der Waals surface area contributed by atoms with Gasteiger partial charge in [0.2, 0.25) is 0 Å². The van der Waals surface area contributed by atoms with Crippen molar-refractivity contribution in [3.8, 4) is 17.1 Å². The minimum atomic E-state index is 0.505. The third-order valence-corrected chi connectivity index (χ3v) is 4.01. The fourth-order valence-electron chi connectivity index (χ4n) is 2.16. The summed E-state index contributed by atoms with van der Waals surface area (Å²) in [7, 11) is 0. The first kappa shape index (κ1) is 14.4. The maximum atomic E-state index is 6.28. The van der Waals surface area contributed by atoms with Crippen molar-refractivity contribution in [1.82, 2.24) is 14.8 Å². The first-order valence-electron chi connectivity index (χ1n) is 6.23. The third-order valence-electron chi connectivity index (χ3n) is 3.17. The molecule has 0 aliphatic rings. The van der Waals surface area contributed by atoms with Crippen LogP contribution in [0.15, 0.2) is 47.6 Å². The molecule has 0 spiro atoms. The molecule has 0 aliphatic heterocycles. The fraction of sp³-hybridized carbons (Fsp3) is 0.0667. The molecule has 0 N–H and O–H groups in total. The van der Waals surface area contributed by atoms with Crippen molar-refractivity contribution in [3.05, 3.63) is 58.1 Å². The number of hydrogen-bond donors (Lipinski definition) is 1. The second kappa shape index (κ2) is 5.72. The molecule has 0 saturated carbocycles. The van der Waals surface area contributed by atoms with Crippen LogP contribution in [0.2, 0.25) is 10.0 Å². The SMILES string of the molecule is Cc1ccccc1-n1c(S)nnc1-c1ccc(Cl)cc1Cl. The Morgan fingerprint density at radius 3 is 2.52 bits per heavy atom. The number of hydrogen-bond acceptors (Lipinski definition) is 3. The summed E-state index contributed by atoms with van der Waals surface area (Å²) in [6, 6.07) is 13.3. The average Bonchev–Trinajstić information content (AvgIpc) is 2.81. The van der Waals surface area contributed by atoms with Crippen molar-refractivity contribution >= 4 is 35.8 Å². The molecule has 0 saturated heterocycles. The zero-order chi connectivity index (χ0) is 15.0. The van der Waals surface area contributed by atoms with Gasteiger partial charge < -0.3 is 0 Å². The molecule has 0 aliphatic carbocycles. The summed E-state index contributed by atoms with van der Waals surface area (Å²) < 4.78 is 1.87. The van der Waals surface area contributed by atoms with Gasteiger partial charge in [-0.25, -0.2) is 0 Å². The second-order valence-electron chi connectivity index (χ2n) is 4.57. The number of thiol groups is 1. The van der Waals surface area contributed by atoms with Gasteiger partial charge in [-0.1, -0.05) is 41.4 Å². The summed E-state index contributed by atoms with van der Waals surface area (Å²) >= 11 is 16.6. The van der Waals surface area contributed by atoms with Gasteiger partial charge in [-0.2, -0.15) is 0 Å². The Hall–Kier alpha value is -1.49. The maximum Gasteiger partial charge on any atom is 0.193 e. The van der Waals surface area contributed by atoms with Crippen LogP contribution in [0.4, 0.5) is 0 Å². The van der Waals surface area contributed by atoms with Crippen LogP contribution in [0.3, 0.4) is 0 Å². The number of halogens is 2. The molecular weight excluding hydrogens is 325 g/mol. The number of benzene rings is 2. The molecule has 3 aromatic rings. The van der Waals surface area contributed by atoms with E-state index in [1.165, 1.54) is 0 Å². The lowest BCUT2D eigenvalue weighted by Crippen LogP contribution is -2.00. The van der Waals surface area contributed by atoms with Crippen molar-refractivity contribution in [3.63, 3.8) is 0 Å². The van der Waals surface area contributed by atoms with Crippen LogP contribution in [0, 0.1) is 6.92 Å². The zero-order valence-corrected chi connectivity index (χ0v) is 13.5. The predicted octanol–water partition coefficient (Wildman–Crippen LogP) is 4.84. The average molecular weight is 336 g/mol. The lowest BCUT2D eigenvalue weighted by atomic mass is 10.1. The number of aromatic nitrogens is 3. The maximum absolute atomic E-state index is 6.28. The van der Waals surface area contributed by atoms with E-state index in [-0.39, 0.29) is 0 Å². The van der Waals surface area contributed by atoms with Crippen LogP contribution < -0.4 is 0 Å². The van der Waals surface area contributed by atoms with Crippen LogP contribution in [-0.2, 0) is 0 Å². The number of para-hydroxylation sites is 1. The second-order valence-corrected chi connectivity index (χ2v) is 5.81. The molecule has 6 heteroatoms. The highest BCUT2D eigenvalue weighted by Crippen LogP contribution is 2.32. The Bertz CT molecular complexity index is 814. The standard InChI is InChI=1S/C15H11Cl2N3S/c1-9-4-2-3-5-13(9)20-14(18-19-15(20)21)11-7-6-10(16)8-12(11)17/h2-8H,1H3,(H,19,21). The van der Waals surface area contributed by atoms with Gasteiger partial charge >= 0.3 is 0 Å². The van der Waals surface area contributed by atoms with Crippen molar-refractivity contribution in [2.24, 2.45) is 0 Å². The minimum absolute atomic E-state index is 0.505. The summed E-state index contributed by atoms with van der Waals surface area (Å²) in [6.07, 6.45) is 0. The highest BCUT2D eigenvalue weighted by molar-refractivity contribution is 7.80. The molecule has 1 heterocycles. The lowest BCUT2D eigenvalue weighted by molar-refractivity contribution is 0.886. The molecule has 0 bridgehead atoms. The van der Waals surface area contributed by atoms with E-state index in [9.17, 15) is 0 Å². The molecule has 1 aromatic heterocycles. The predicted molar refractivity (Wildman–Crippen MR) is 88.8 cm³/mol. The van der Waals surface area contributed by atoms with Gasteiger partial charge in [0.25, 0.3) is 0 Å². The number of nitrogens with zero attached hydrogens (tertiary/aromatic N) is 3. The minimum Gasteiger partial charge on any atom is -0.270 e. The largest absolute Gasteiger partial charge is 0.270 e. The summed E-state index contributed by atoms with van der Waals surface area (Å²) in [4.78, 5) is 0. The molecule has 2 aromatic carbocycles. The first-order chi connectivity index (χ1) is 10.1. The topological polar surface area (TPSA) is 30.7 Å². The van der Waals surface area contributed by atoms with Gasteiger partial charge in [0.15, 0.2) is 11.0 Å². The van der Waals surface area contributed by atoms with Gasteiger partial charge in [0.05, 0.1) is 10.7 Å². The molecule has 0 radical (unpaired) electrons.